The molecule has 11 heteroatoms. The van der Waals surface area contributed by atoms with E-state index in [1.165, 1.54) is 12.5 Å². The zero-order chi connectivity index (χ0) is 20.5. The first-order chi connectivity index (χ1) is 14.0. The van der Waals surface area contributed by atoms with Gasteiger partial charge in [-0.1, -0.05) is 0 Å². The second kappa shape index (κ2) is 7.76. The van der Waals surface area contributed by atoms with E-state index in [9.17, 15) is 4.79 Å². The molecule has 4 rings (SSSR count). The summed E-state index contributed by atoms with van der Waals surface area (Å²) in [5.41, 5.74) is 7.67. The first kappa shape index (κ1) is 19.3. The van der Waals surface area contributed by atoms with Crippen molar-refractivity contribution < 1.29 is 9.53 Å². The number of nitrogens with one attached hydrogen (secondary N) is 3. The molecule has 0 radical (unpaired) electrons. The average Bonchev–Trinajstić information content (AvgIpc) is 3.07. The van der Waals surface area contributed by atoms with Gasteiger partial charge in [0.2, 0.25) is 0 Å². The highest BCUT2D eigenvalue weighted by molar-refractivity contribution is 9.10. The summed E-state index contributed by atoms with van der Waals surface area (Å²) in [4.78, 5) is 30.7. The Labute approximate surface area is 174 Å². The second-order valence-corrected chi connectivity index (χ2v) is 7.44. The molecule has 5 N–H and O–H groups in total. The summed E-state index contributed by atoms with van der Waals surface area (Å²) in [6, 6.07) is 1.63. The van der Waals surface area contributed by atoms with Gasteiger partial charge in [-0.2, -0.15) is 0 Å². The Bertz CT molecular complexity index is 1100. The zero-order valence-corrected chi connectivity index (χ0v) is 17.2. The Morgan fingerprint density at radius 1 is 1.48 bits per heavy atom. The number of fused-ring (bicyclic) bond motifs is 1. The first-order valence-electron chi connectivity index (χ1n) is 8.93. The third-order valence-electron chi connectivity index (χ3n) is 4.74. The third-order valence-corrected chi connectivity index (χ3v) is 5.54. The lowest BCUT2D eigenvalue weighted by Crippen LogP contribution is -2.47. The molecule has 1 saturated heterocycles. The van der Waals surface area contributed by atoms with Gasteiger partial charge in [0.25, 0.3) is 5.91 Å². The molecule has 3 aromatic rings. The number of pyridine rings is 1. The molecule has 0 aromatic carbocycles. The van der Waals surface area contributed by atoms with Crippen LogP contribution in [0.3, 0.4) is 0 Å². The van der Waals surface area contributed by atoms with E-state index >= 15 is 0 Å². The normalized spacial score (nSPS) is 16.8. The third kappa shape index (κ3) is 3.54. The number of aromatic amines is 1. The molecule has 0 bridgehead atoms. The number of nitrogen functional groups attached to an aromatic ring is 1. The van der Waals surface area contributed by atoms with Crippen molar-refractivity contribution in [1.29, 1.82) is 5.41 Å². The largest absolute Gasteiger partial charge is 0.397 e. The monoisotopic (exact) mass is 458 g/mol. The van der Waals surface area contributed by atoms with Gasteiger partial charge < -0.3 is 31.1 Å². The molecule has 4 heterocycles. The van der Waals surface area contributed by atoms with Crippen molar-refractivity contribution in [2.45, 2.75) is 13.0 Å². The quantitative estimate of drug-likeness (QED) is 0.438. The zero-order valence-electron chi connectivity index (χ0n) is 15.6. The SMILES string of the molecule is CC1COCCN1C(=O)c1[nH]c2ncnc(Nc3cc(C=N)c(N)cn3)c2c1Br. The molecule has 29 heavy (non-hydrogen) atoms. The van der Waals surface area contributed by atoms with E-state index in [2.05, 4.69) is 41.2 Å². The van der Waals surface area contributed by atoms with Gasteiger partial charge in [-0.05, 0) is 28.9 Å². The maximum atomic E-state index is 13.1. The van der Waals surface area contributed by atoms with Gasteiger partial charge in [0, 0.05) is 18.3 Å². The van der Waals surface area contributed by atoms with Crippen LogP contribution in [0.2, 0.25) is 0 Å². The molecule has 150 valence electrons. The minimum absolute atomic E-state index is 0.0169. The minimum Gasteiger partial charge on any atom is -0.397 e. The summed E-state index contributed by atoms with van der Waals surface area (Å²) in [6.07, 6.45) is 4.03. The van der Waals surface area contributed by atoms with Crippen molar-refractivity contribution in [2.75, 3.05) is 30.8 Å². The van der Waals surface area contributed by atoms with Crippen LogP contribution in [-0.4, -0.2) is 62.8 Å². The van der Waals surface area contributed by atoms with Crippen molar-refractivity contribution in [3.63, 3.8) is 0 Å². The number of anilines is 3. The molecule has 3 aromatic heterocycles. The lowest BCUT2D eigenvalue weighted by molar-refractivity contribution is 0.00327. The van der Waals surface area contributed by atoms with Crippen molar-refractivity contribution in [1.82, 2.24) is 24.8 Å². The average molecular weight is 459 g/mol. The van der Waals surface area contributed by atoms with Crippen molar-refractivity contribution >= 4 is 56.4 Å². The molecule has 10 nitrogen and oxygen atoms in total. The van der Waals surface area contributed by atoms with Crippen molar-refractivity contribution in [3.8, 4) is 0 Å². The number of carbonyl (C=O) groups excluding carboxylic acids is 1. The molecule has 0 spiro atoms. The maximum Gasteiger partial charge on any atom is 0.271 e. The molecule has 0 aliphatic carbocycles. The highest BCUT2D eigenvalue weighted by Crippen LogP contribution is 2.33. The minimum atomic E-state index is -0.131. The van der Waals surface area contributed by atoms with Crippen LogP contribution in [0.25, 0.3) is 11.0 Å². The predicted octanol–water partition coefficient (Wildman–Crippen LogP) is 2.30. The van der Waals surface area contributed by atoms with Gasteiger partial charge in [-0.25, -0.2) is 15.0 Å². The number of ether oxygens (including phenoxy) is 1. The standard InChI is InChI=1S/C18H19BrN8O2/c1-9-7-29-3-2-27(9)18(28)15-14(19)13-16(23-8-24-17(13)26-15)25-12-4-10(5-20)11(21)6-22-12/h4-6,8-9,20H,2-3,7,21H2,1H3,(H2,22,23,24,25,26). The van der Waals surface area contributed by atoms with Crippen LogP contribution < -0.4 is 11.1 Å². The molecule has 1 fully saturated rings. The van der Waals surface area contributed by atoms with E-state index in [-0.39, 0.29) is 11.9 Å². The summed E-state index contributed by atoms with van der Waals surface area (Å²) in [6.45, 7) is 3.50. The number of morpholine rings is 1. The van der Waals surface area contributed by atoms with Gasteiger partial charge >= 0.3 is 0 Å². The van der Waals surface area contributed by atoms with Crippen LogP contribution in [-0.2, 0) is 4.74 Å². The van der Waals surface area contributed by atoms with E-state index in [4.69, 9.17) is 15.9 Å². The highest BCUT2D eigenvalue weighted by Gasteiger charge is 2.29. The van der Waals surface area contributed by atoms with Gasteiger partial charge in [-0.15, -0.1) is 0 Å². The number of aromatic nitrogens is 4. The van der Waals surface area contributed by atoms with Crippen LogP contribution in [0, 0.1) is 5.41 Å². The number of hydrogen-bond acceptors (Lipinski definition) is 8. The maximum absolute atomic E-state index is 13.1. The van der Waals surface area contributed by atoms with Crippen molar-refractivity contribution in [3.05, 3.63) is 34.3 Å². The second-order valence-electron chi connectivity index (χ2n) is 6.65. The van der Waals surface area contributed by atoms with Gasteiger partial charge in [0.15, 0.2) is 0 Å². The lowest BCUT2D eigenvalue weighted by Gasteiger charge is -2.33. The molecular weight excluding hydrogens is 440 g/mol. The van der Waals surface area contributed by atoms with Crippen LogP contribution in [0.5, 0.6) is 0 Å². The number of hydrogen-bond donors (Lipinski definition) is 4. The Hall–Kier alpha value is -3.05. The van der Waals surface area contributed by atoms with E-state index in [1.54, 1.807) is 11.0 Å². The molecule has 1 atom stereocenters. The summed E-state index contributed by atoms with van der Waals surface area (Å²) in [5.74, 6) is 0.814. The molecule has 1 aliphatic heterocycles. The molecular formula is C18H19BrN8O2. The van der Waals surface area contributed by atoms with Crippen LogP contribution in [0.1, 0.15) is 23.0 Å². The Morgan fingerprint density at radius 3 is 3.07 bits per heavy atom. The number of halogens is 1. The number of amides is 1. The predicted molar refractivity (Wildman–Crippen MR) is 113 cm³/mol. The number of nitrogens with zero attached hydrogens (tertiary/aromatic N) is 4. The highest BCUT2D eigenvalue weighted by atomic mass is 79.9. The van der Waals surface area contributed by atoms with Crippen LogP contribution in [0.15, 0.2) is 23.1 Å². The molecule has 0 saturated carbocycles. The van der Waals surface area contributed by atoms with E-state index in [0.717, 1.165) is 6.21 Å². The summed E-state index contributed by atoms with van der Waals surface area (Å²) < 4.78 is 5.99. The number of carbonyl (C=O) groups is 1. The van der Waals surface area contributed by atoms with E-state index < -0.39 is 0 Å². The molecule has 1 amide bonds. The number of rotatable bonds is 4. The lowest BCUT2D eigenvalue weighted by atomic mass is 10.2. The fourth-order valence-corrected chi connectivity index (χ4v) is 3.84. The topological polar surface area (TPSA) is 146 Å². The van der Waals surface area contributed by atoms with Crippen LogP contribution in [0.4, 0.5) is 17.3 Å². The smallest absolute Gasteiger partial charge is 0.271 e. The fraction of sp³-hybridized carbons (Fsp3) is 0.278. The first-order valence-corrected chi connectivity index (χ1v) is 9.72. The van der Waals surface area contributed by atoms with E-state index in [0.29, 0.717) is 63.8 Å². The fourth-order valence-electron chi connectivity index (χ4n) is 3.20. The van der Waals surface area contributed by atoms with Crippen molar-refractivity contribution in [2.24, 2.45) is 0 Å². The molecule has 1 aliphatic rings. The summed E-state index contributed by atoms with van der Waals surface area (Å²) >= 11 is 3.54. The number of H-pyrrole nitrogens is 1. The van der Waals surface area contributed by atoms with Gasteiger partial charge in [0.05, 0.1) is 41.0 Å². The van der Waals surface area contributed by atoms with E-state index in [1.807, 2.05) is 6.92 Å². The Morgan fingerprint density at radius 2 is 2.31 bits per heavy atom. The summed E-state index contributed by atoms with van der Waals surface area (Å²) in [5, 5.41) is 11.2. The Balaban J connectivity index is 1.72. The summed E-state index contributed by atoms with van der Waals surface area (Å²) in [7, 11) is 0. The van der Waals surface area contributed by atoms with Crippen LogP contribution >= 0.6 is 15.9 Å². The Kier molecular flexibility index (Phi) is 5.16. The van der Waals surface area contributed by atoms with Gasteiger partial charge in [-0.3, -0.25) is 4.79 Å². The van der Waals surface area contributed by atoms with Gasteiger partial charge in [0.1, 0.15) is 29.3 Å². The number of nitrogens with two attached hydrogens (primary N) is 1. The molecule has 1 unspecified atom stereocenters.